The van der Waals surface area contributed by atoms with Gasteiger partial charge in [-0.2, -0.15) is 0 Å². The third-order valence-corrected chi connectivity index (χ3v) is 5.08. The summed E-state index contributed by atoms with van der Waals surface area (Å²) in [6.07, 6.45) is 1.73. The largest absolute Gasteiger partial charge is 0.490 e. The molecular formula is C13H18N2O3S. The Kier molecular flexibility index (Phi) is 3.24. The number of nitrogens with one attached hydrogen (secondary N) is 2. The molecule has 19 heavy (non-hydrogen) atoms. The zero-order chi connectivity index (χ0) is 13.5. The lowest BCUT2D eigenvalue weighted by molar-refractivity contribution is 0.254. The topological polar surface area (TPSA) is 67.4 Å². The third kappa shape index (κ3) is 2.61. The van der Waals surface area contributed by atoms with Gasteiger partial charge in [-0.25, -0.2) is 13.1 Å². The Bertz CT molecular complexity index is 580. The molecule has 0 amide bonds. The van der Waals surface area contributed by atoms with Gasteiger partial charge in [-0.05, 0) is 43.7 Å². The highest BCUT2D eigenvalue weighted by molar-refractivity contribution is 7.89. The lowest BCUT2D eigenvalue weighted by Gasteiger charge is -2.12. The summed E-state index contributed by atoms with van der Waals surface area (Å²) in [6.45, 7) is 3.55. The summed E-state index contributed by atoms with van der Waals surface area (Å²) in [6, 6.07) is 5.08. The van der Waals surface area contributed by atoms with E-state index in [1.807, 2.05) is 6.92 Å². The Morgan fingerprint density at radius 2 is 2.26 bits per heavy atom. The van der Waals surface area contributed by atoms with Gasteiger partial charge in [0.1, 0.15) is 11.9 Å². The van der Waals surface area contributed by atoms with Crippen LogP contribution in [0.5, 0.6) is 5.75 Å². The van der Waals surface area contributed by atoms with Gasteiger partial charge < -0.3 is 10.1 Å². The lowest BCUT2D eigenvalue weighted by Crippen LogP contribution is -2.36. The van der Waals surface area contributed by atoms with Crippen LogP contribution >= 0.6 is 0 Å². The van der Waals surface area contributed by atoms with Crippen molar-refractivity contribution in [2.24, 2.45) is 0 Å². The maximum absolute atomic E-state index is 12.3. The van der Waals surface area contributed by atoms with Crippen LogP contribution in [-0.4, -0.2) is 33.7 Å². The molecule has 2 atom stereocenters. The normalized spacial score (nSPS) is 26.2. The smallest absolute Gasteiger partial charge is 0.240 e. The van der Waals surface area contributed by atoms with Crippen molar-refractivity contribution in [1.82, 2.24) is 10.0 Å². The maximum Gasteiger partial charge on any atom is 0.240 e. The van der Waals surface area contributed by atoms with Crippen molar-refractivity contribution < 1.29 is 13.2 Å². The van der Waals surface area contributed by atoms with Crippen LogP contribution in [0.25, 0.3) is 0 Å². The first-order chi connectivity index (χ1) is 9.04. The molecule has 6 heteroatoms. The molecule has 2 aliphatic rings. The second-order valence-corrected chi connectivity index (χ2v) is 6.93. The number of ether oxygens (including phenoxy) is 1. The Labute approximate surface area is 113 Å². The highest BCUT2D eigenvalue weighted by atomic mass is 32.2. The van der Waals surface area contributed by atoms with Crippen molar-refractivity contribution in [1.29, 1.82) is 0 Å². The van der Waals surface area contributed by atoms with Gasteiger partial charge in [0, 0.05) is 19.0 Å². The molecule has 0 aliphatic carbocycles. The molecule has 2 unspecified atom stereocenters. The summed E-state index contributed by atoms with van der Waals surface area (Å²) in [7, 11) is -3.43. The molecule has 0 spiro atoms. The van der Waals surface area contributed by atoms with Crippen molar-refractivity contribution in [2.75, 3.05) is 13.1 Å². The second-order valence-electron chi connectivity index (χ2n) is 5.21. The highest BCUT2D eigenvalue weighted by Gasteiger charge is 2.25. The van der Waals surface area contributed by atoms with Gasteiger partial charge >= 0.3 is 0 Å². The number of fused-ring (bicyclic) bond motifs is 1. The molecule has 1 aromatic carbocycles. The summed E-state index contributed by atoms with van der Waals surface area (Å²) in [5.74, 6) is 0.800. The number of rotatable bonds is 3. The van der Waals surface area contributed by atoms with Crippen molar-refractivity contribution in [2.45, 2.75) is 36.8 Å². The van der Waals surface area contributed by atoms with Crippen molar-refractivity contribution in [3.05, 3.63) is 23.8 Å². The second kappa shape index (κ2) is 4.77. The molecule has 2 heterocycles. The van der Waals surface area contributed by atoms with E-state index in [0.717, 1.165) is 30.7 Å². The predicted molar refractivity (Wildman–Crippen MR) is 71.8 cm³/mol. The summed E-state index contributed by atoms with van der Waals surface area (Å²) < 4.78 is 32.9. The summed E-state index contributed by atoms with van der Waals surface area (Å²) in [5.41, 5.74) is 0.972. The summed E-state index contributed by atoms with van der Waals surface area (Å²) in [5, 5.41) is 3.15. The van der Waals surface area contributed by atoms with Gasteiger partial charge in [-0.1, -0.05) is 0 Å². The predicted octanol–water partition coefficient (Wildman–Crippen LogP) is 0.650. The van der Waals surface area contributed by atoms with Gasteiger partial charge in [0.25, 0.3) is 0 Å². The van der Waals surface area contributed by atoms with Gasteiger partial charge in [0.15, 0.2) is 0 Å². The van der Waals surface area contributed by atoms with Crippen molar-refractivity contribution in [3.8, 4) is 5.75 Å². The monoisotopic (exact) mass is 282 g/mol. The molecule has 3 rings (SSSR count). The summed E-state index contributed by atoms with van der Waals surface area (Å²) >= 11 is 0. The van der Waals surface area contributed by atoms with Crippen LogP contribution in [-0.2, 0) is 16.4 Å². The molecule has 0 bridgehead atoms. The minimum Gasteiger partial charge on any atom is -0.490 e. The van der Waals surface area contributed by atoms with Crippen LogP contribution < -0.4 is 14.8 Å². The Hall–Kier alpha value is -1.11. The van der Waals surface area contributed by atoms with Crippen LogP contribution in [0.1, 0.15) is 18.9 Å². The zero-order valence-electron chi connectivity index (χ0n) is 10.8. The average Bonchev–Trinajstić information content (AvgIpc) is 2.95. The van der Waals surface area contributed by atoms with Crippen LogP contribution in [0, 0.1) is 0 Å². The van der Waals surface area contributed by atoms with Crippen LogP contribution in [0.15, 0.2) is 23.1 Å². The van der Waals surface area contributed by atoms with E-state index < -0.39 is 10.0 Å². The van der Waals surface area contributed by atoms with E-state index in [2.05, 4.69) is 10.0 Å². The first kappa shape index (κ1) is 12.9. The van der Waals surface area contributed by atoms with E-state index >= 15 is 0 Å². The fraction of sp³-hybridized carbons (Fsp3) is 0.538. The standard InChI is InChI=1S/C13H18N2O3S/c1-9-6-10-7-12(2-3-13(10)18-9)19(16,17)15-11-4-5-14-8-11/h2-3,7,9,11,14-15H,4-6,8H2,1H3. The third-order valence-electron chi connectivity index (χ3n) is 3.56. The van der Waals surface area contributed by atoms with Crippen LogP contribution in [0.2, 0.25) is 0 Å². The molecule has 1 saturated heterocycles. The van der Waals surface area contributed by atoms with E-state index in [1.165, 1.54) is 0 Å². The molecule has 2 N–H and O–H groups in total. The van der Waals surface area contributed by atoms with E-state index in [9.17, 15) is 8.42 Å². The average molecular weight is 282 g/mol. The van der Waals surface area contributed by atoms with E-state index in [4.69, 9.17) is 4.74 Å². The first-order valence-electron chi connectivity index (χ1n) is 6.57. The molecule has 5 nitrogen and oxygen atoms in total. The first-order valence-corrected chi connectivity index (χ1v) is 8.05. The number of hydrogen-bond donors (Lipinski definition) is 2. The molecular weight excluding hydrogens is 264 g/mol. The minimum atomic E-state index is -3.43. The Balaban J connectivity index is 1.83. The highest BCUT2D eigenvalue weighted by Crippen LogP contribution is 2.30. The molecule has 104 valence electrons. The Morgan fingerprint density at radius 1 is 1.42 bits per heavy atom. The zero-order valence-corrected chi connectivity index (χ0v) is 11.7. The molecule has 1 fully saturated rings. The SMILES string of the molecule is CC1Cc2cc(S(=O)(=O)NC3CCNC3)ccc2O1. The van der Waals surface area contributed by atoms with Gasteiger partial charge in [-0.3, -0.25) is 0 Å². The quantitative estimate of drug-likeness (QED) is 0.854. The van der Waals surface area contributed by atoms with Crippen LogP contribution in [0.3, 0.4) is 0 Å². The van der Waals surface area contributed by atoms with Gasteiger partial charge in [0.05, 0.1) is 4.90 Å². The van der Waals surface area contributed by atoms with Crippen molar-refractivity contribution in [3.63, 3.8) is 0 Å². The fourth-order valence-electron chi connectivity index (χ4n) is 2.61. The van der Waals surface area contributed by atoms with Gasteiger partial charge in [-0.15, -0.1) is 0 Å². The fourth-order valence-corrected chi connectivity index (χ4v) is 3.93. The molecule has 0 aromatic heterocycles. The molecule has 0 radical (unpaired) electrons. The molecule has 1 aromatic rings. The van der Waals surface area contributed by atoms with Crippen molar-refractivity contribution >= 4 is 10.0 Å². The number of sulfonamides is 1. The number of benzene rings is 1. The van der Waals surface area contributed by atoms with Gasteiger partial charge in [0.2, 0.25) is 10.0 Å². The summed E-state index contributed by atoms with van der Waals surface area (Å²) in [4.78, 5) is 0.329. The van der Waals surface area contributed by atoms with E-state index in [0.29, 0.717) is 11.4 Å². The molecule has 2 aliphatic heterocycles. The van der Waals surface area contributed by atoms with E-state index in [-0.39, 0.29) is 12.1 Å². The molecule has 0 saturated carbocycles. The number of hydrogen-bond acceptors (Lipinski definition) is 4. The van der Waals surface area contributed by atoms with Crippen LogP contribution in [0.4, 0.5) is 0 Å². The Morgan fingerprint density at radius 3 is 3.00 bits per heavy atom. The minimum absolute atomic E-state index is 0.00608. The van der Waals surface area contributed by atoms with E-state index in [1.54, 1.807) is 18.2 Å². The lowest BCUT2D eigenvalue weighted by atomic mass is 10.1. The maximum atomic E-state index is 12.3.